The highest BCUT2D eigenvalue weighted by Crippen LogP contribution is 2.35. The summed E-state index contributed by atoms with van der Waals surface area (Å²) in [6.07, 6.45) is 1.57. The number of pyridine rings is 1. The Morgan fingerprint density at radius 3 is 2.85 bits per heavy atom. The summed E-state index contributed by atoms with van der Waals surface area (Å²) in [4.78, 5) is 15.9. The number of aromatic nitrogens is 1. The molecule has 1 aliphatic rings. The van der Waals surface area contributed by atoms with Gasteiger partial charge in [-0.25, -0.2) is 3.07 Å². The van der Waals surface area contributed by atoms with Crippen molar-refractivity contribution in [3.63, 3.8) is 0 Å². The van der Waals surface area contributed by atoms with Crippen LogP contribution in [0.2, 0.25) is 0 Å². The molecule has 1 amide bonds. The summed E-state index contributed by atoms with van der Waals surface area (Å²) in [5.41, 5.74) is 2.84. The second kappa shape index (κ2) is 5.25. The van der Waals surface area contributed by atoms with E-state index in [0.717, 1.165) is 11.1 Å². The van der Waals surface area contributed by atoms with E-state index >= 15 is 0 Å². The zero-order chi connectivity index (χ0) is 14.1. The van der Waals surface area contributed by atoms with Crippen LogP contribution in [0.4, 0.5) is 5.69 Å². The van der Waals surface area contributed by atoms with Gasteiger partial charge in [-0.15, -0.1) is 0 Å². The summed E-state index contributed by atoms with van der Waals surface area (Å²) < 4.78 is 11.4. The van der Waals surface area contributed by atoms with Crippen molar-refractivity contribution in [2.24, 2.45) is 0 Å². The number of hydrogen-bond acceptors (Lipinski definition) is 4. The molecular formula is C13H9IN3O3-. The minimum absolute atomic E-state index is 0.130. The van der Waals surface area contributed by atoms with Crippen LogP contribution in [0.25, 0.3) is 11.3 Å². The SMILES string of the molecule is O=IN([O-])c1cccnc1-c1cccc2c1CNC2=O. The van der Waals surface area contributed by atoms with E-state index in [1.807, 2.05) is 6.07 Å². The Labute approximate surface area is 125 Å². The van der Waals surface area contributed by atoms with E-state index in [0.29, 0.717) is 21.1 Å². The largest absolute Gasteiger partial charge is 0.747 e. The number of carbonyl (C=O) groups excluding carboxylic acids is 1. The molecule has 0 bridgehead atoms. The minimum atomic E-state index is -1.85. The number of carbonyl (C=O) groups is 1. The molecule has 2 aromatic rings. The highest BCUT2D eigenvalue weighted by molar-refractivity contribution is 14.1. The number of halogens is 1. The molecule has 1 aliphatic heterocycles. The first kappa shape index (κ1) is 13.1. The summed E-state index contributed by atoms with van der Waals surface area (Å²) in [5.74, 6) is -0.130. The maximum atomic E-state index is 11.7. The Hall–Kier alpha value is -1.87. The van der Waals surface area contributed by atoms with E-state index in [1.165, 1.54) is 0 Å². The summed E-state index contributed by atoms with van der Waals surface area (Å²) in [6, 6.07) is 8.49. The van der Waals surface area contributed by atoms with Gasteiger partial charge in [-0.1, -0.05) is 12.1 Å². The highest BCUT2D eigenvalue weighted by atomic mass is 127. The van der Waals surface area contributed by atoms with Crippen LogP contribution in [-0.4, -0.2) is 10.9 Å². The third-order valence-corrected chi connectivity index (χ3v) is 4.02. The van der Waals surface area contributed by atoms with Gasteiger partial charge in [0.1, 0.15) is 0 Å². The molecule has 3 rings (SSSR count). The molecule has 0 aliphatic carbocycles. The fourth-order valence-corrected chi connectivity index (χ4v) is 2.86. The molecule has 0 radical (unpaired) electrons. The predicted octanol–water partition coefficient (Wildman–Crippen LogP) is 2.53. The number of nitrogens with zero attached hydrogens (tertiary/aromatic N) is 2. The van der Waals surface area contributed by atoms with Gasteiger partial charge in [0.25, 0.3) is 27.4 Å². The molecule has 6 nitrogen and oxygen atoms in total. The number of amides is 1. The average Bonchev–Trinajstić information content (AvgIpc) is 2.88. The Kier molecular flexibility index (Phi) is 3.45. The summed E-state index contributed by atoms with van der Waals surface area (Å²) in [5, 5.41) is 14.4. The smallest absolute Gasteiger partial charge is 0.262 e. The van der Waals surface area contributed by atoms with Gasteiger partial charge in [-0.3, -0.25) is 9.78 Å². The Balaban J connectivity index is 2.21. The fourth-order valence-electron chi connectivity index (χ4n) is 2.26. The first-order chi connectivity index (χ1) is 9.72. The quantitative estimate of drug-likeness (QED) is 0.501. The Morgan fingerprint density at radius 1 is 1.25 bits per heavy atom. The third kappa shape index (κ3) is 2.08. The molecule has 0 atom stereocenters. The Morgan fingerprint density at radius 2 is 2.05 bits per heavy atom. The number of rotatable bonds is 3. The minimum Gasteiger partial charge on any atom is -0.747 e. The van der Waals surface area contributed by atoms with E-state index in [2.05, 4.69) is 10.3 Å². The van der Waals surface area contributed by atoms with Crippen LogP contribution in [0.15, 0.2) is 36.5 Å². The van der Waals surface area contributed by atoms with Crippen molar-refractivity contribution in [1.82, 2.24) is 10.3 Å². The lowest BCUT2D eigenvalue weighted by atomic mass is 9.99. The van der Waals surface area contributed by atoms with Gasteiger partial charge in [-0.2, -0.15) is 0 Å². The lowest BCUT2D eigenvalue weighted by Gasteiger charge is -2.23. The summed E-state index contributed by atoms with van der Waals surface area (Å²) in [7, 11) is 0. The van der Waals surface area contributed by atoms with E-state index in [-0.39, 0.29) is 11.6 Å². The molecule has 2 heterocycles. The maximum absolute atomic E-state index is 11.7. The molecule has 0 spiro atoms. The number of nitrogens with one attached hydrogen (secondary N) is 1. The van der Waals surface area contributed by atoms with Crippen LogP contribution in [-0.2, 0) is 9.61 Å². The van der Waals surface area contributed by atoms with Gasteiger partial charge in [0.05, 0.1) is 11.4 Å². The van der Waals surface area contributed by atoms with Crippen molar-refractivity contribution in [2.45, 2.75) is 6.54 Å². The number of hydrogen-bond donors (Lipinski definition) is 1. The molecular weight excluding hydrogens is 373 g/mol. The standard InChI is InChI=1S/C13H9IN3O3/c18-13-9-4-1-3-8(10(9)7-16-13)12-11(17(20)14-19)5-2-6-15-12/h1-6H,7H2,(H,16,18)/q-1. The molecule has 1 aromatic carbocycles. The molecule has 0 saturated carbocycles. The molecule has 1 aromatic heterocycles. The molecule has 0 saturated heterocycles. The van der Waals surface area contributed by atoms with Gasteiger partial charge in [0.15, 0.2) is 0 Å². The molecule has 0 fully saturated rings. The third-order valence-electron chi connectivity index (χ3n) is 3.14. The van der Waals surface area contributed by atoms with E-state index in [9.17, 15) is 13.1 Å². The molecule has 20 heavy (non-hydrogen) atoms. The Bertz CT molecular complexity index is 705. The van der Waals surface area contributed by atoms with Crippen LogP contribution in [0.3, 0.4) is 0 Å². The first-order valence-corrected chi connectivity index (χ1v) is 7.67. The summed E-state index contributed by atoms with van der Waals surface area (Å²) >= 11 is -1.85. The van der Waals surface area contributed by atoms with Crippen molar-refractivity contribution in [1.29, 1.82) is 0 Å². The van der Waals surface area contributed by atoms with Crippen molar-refractivity contribution in [3.05, 3.63) is 52.9 Å². The van der Waals surface area contributed by atoms with Crippen molar-refractivity contribution >= 4 is 33.1 Å². The van der Waals surface area contributed by atoms with Gasteiger partial charge in [-0.05, 0) is 23.8 Å². The van der Waals surface area contributed by atoms with Crippen LogP contribution < -0.4 is 8.59 Å². The zero-order valence-corrected chi connectivity index (χ0v) is 12.3. The van der Waals surface area contributed by atoms with Crippen LogP contribution in [0, 0.1) is 5.21 Å². The van der Waals surface area contributed by atoms with E-state index in [1.54, 1.807) is 30.5 Å². The van der Waals surface area contributed by atoms with Crippen LogP contribution >= 0.6 is 21.5 Å². The lowest BCUT2D eigenvalue weighted by Crippen LogP contribution is -2.12. The predicted molar refractivity (Wildman–Crippen MR) is 81.4 cm³/mol. The highest BCUT2D eigenvalue weighted by Gasteiger charge is 2.23. The zero-order valence-electron chi connectivity index (χ0n) is 10.2. The second-order valence-electron chi connectivity index (χ2n) is 4.20. The molecule has 0 unspecified atom stereocenters. The van der Waals surface area contributed by atoms with Crippen molar-refractivity contribution in [2.75, 3.05) is 3.28 Å². The average molecular weight is 382 g/mol. The van der Waals surface area contributed by atoms with Crippen LogP contribution in [0.1, 0.15) is 15.9 Å². The van der Waals surface area contributed by atoms with Gasteiger partial charge in [0.2, 0.25) is 0 Å². The van der Waals surface area contributed by atoms with E-state index in [4.69, 9.17) is 0 Å². The number of anilines is 1. The maximum Gasteiger partial charge on any atom is 0.262 e. The molecule has 1 N–H and O–H groups in total. The molecule has 7 heteroatoms. The van der Waals surface area contributed by atoms with E-state index < -0.39 is 21.5 Å². The van der Waals surface area contributed by atoms with Crippen molar-refractivity contribution < 1.29 is 7.86 Å². The number of fused-ring (bicyclic) bond motifs is 1. The topological polar surface area (TPSA) is 85.4 Å². The number of benzene rings is 1. The lowest BCUT2D eigenvalue weighted by molar-refractivity contribution is 0.0966. The van der Waals surface area contributed by atoms with Gasteiger partial charge >= 0.3 is 0 Å². The molecule has 102 valence electrons. The second-order valence-corrected chi connectivity index (χ2v) is 5.47. The normalized spacial score (nSPS) is 12.9. The summed E-state index contributed by atoms with van der Waals surface area (Å²) in [6.45, 7) is 0.408. The fraction of sp³-hybridized carbons (Fsp3) is 0.0769. The van der Waals surface area contributed by atoms with Crippen LogP contribution in [0.5, 0.6) is 0 Å². The van der Waals surface area contributed by atoms with Gasteiger partial charge < -0.3 is 13.8 Å². The van der Waals surface area contributed by atoms with Gasteiger partial charge in [0, 0.05) is 23.9 Å². The van der Waals surface area contributed by atoms with Crippen molar-refractivity contribution in [3.8, 4) is 11.3 Å². The monoisotopic (exact) mass is 382 g/mol. The first-order valence-electron chi connectivity index (χ1n) is 5.82.